The molecule has 0 spiro atoms. The monoisotopic (exact) mass is 525 g/mol. The minimum atomic E-state index is -0.0167. The van der Waals surface area contributed by atoms with E-state index < -0.39 is 0 Å². The Balaban J connectivity index is 1.34. The molecule has 2 saturated heterocycles. The van der Waals surface area contributed by atoms with E-state index in [1.54, 1.807) is 19.3 Å². The van der Waals surface area contributed by atoms with Gasteiger partial charge in [0.1, 0.15) is 0 Å². The molecule has 0 radical (unpaired) electrons. The number of ketones is 1. The maximum atomic E-state index is 12.1. The van der Waals surface area contributed by atoms with Crippen molar-refractivity contribution in [1.82, 2.24) is 24.4 Å². The van der Waals surface area contributed by atoms with Gasteiger partial charge in [0.2, 0.25) is 5.91 Å². The highest BCUT2D eigenvalue weighted by atomic mass is 16.5. The molecule has 200 valence electrons. The quantitative estimate of drug-likeness (QED) is 0.346. The van der Waals surface area contributed by atoms with Gasteiger partial charge in [0, 0.05) is 61.6 Å². The fraction of sp³-hybridized carbons (Fsp3) is 0.345. The smallest absolute Gasteiger partial charge is 0.222 e. The molecular formula is C29H31N7O3. The van der Waals surface area contributed by atoms with E-state index in [0.717, 1.165) is 56.2 Å². The molecule has 0 aliphatic carbocycles. The van der Waals surface area contributed by atoms with Gasteiger partial charge in [-0.1, -0.05) is 18.2 Å². The first kappa shape index (κ1) is 25.0. The zero-order valence-corrected chi connectivity index (χ0v) is 22.0. The number of benzene rings is 2. The van der Waals surface area contributed by atoms with Crippen molar-refractivity contribution in [2.75, 3.05) is 49.6 Å². The SMILES string of the molecule is CC(=O)c1cccc(-c2nc(Nc3ccc(N4CCOCC4)cc3)c3ncn(CCN4CCCC4=O)c3n2)c1. The third-order valence-corrected chi connectivity index (χ3v) is 7.28. The van der Waals surface area contributed by atoms with Crippen molar-refractivity contribution in [1.29, 1.82) is 0 Å². The van der Waals surface area contributed by atoms with E-state index >= 15 is 0 Å². The zero-order chi connectivity index (χ0) is 26.8. The number of carbonyl (C=O) groups excluding carboxylic acids is 2. The molecule has 10 nitrogen and oxygen atoms in total. The average molecular weight is 526 g/mol. The van der Waals surface area contributed by atoms with E-state index in [4.69, 9.17) is 14.7 Å². The van der Waals surface area contributed by atoms with Gasteiger partial charge in [-0.25, -0.2) is 15.0 Å². The number of amides is 1. The Hall–Kier alpha value is -4.31. The zero-order valence-electron chi connectivity index (χ0n) is 22.0. The molecule has 10 heteroatoms. The minimum Gasteiger partial charge on any atom is -0.378 e. The van der Waals surface area contributed by atoms with Gasteiger partial charge in [0.15, 0.2) is 28.6 Å². The van der Waals surface area contributed by atoms with Crippen molar-refractivity contribution in [2.24, 2.45) is 0 Å². The van der Waals surface area contributed by atoms with Gasteiger partial charge < -0.3 is 24.4 Å². The first-order valence-corrected chi connectivity index (χ1v) is 13.4. The second-order valence-electron chi connectivity index (χ2n) is 9.90. The van der Waals surface area contributed by atoms with Gasteiger partial charge in [-0.05, 0) is 43.7 Å². The number of rotatable bonds is 8. The molecule has 0 unspecified atom stereocenters. The molecule has 2 aromatic carbocycles. The summed E-state index contributed by atoms with van der Waals surface area (Å²) in [6.45, 7) is 6.75. The Morgan fingerprint density at radius 1 is 1.03 bits per heavy atom. The van der Waals surface area contributed by atoms with Gasteiger partial charge >= 0.3 is 0 Å². The molecule has 2 fully saturated rings. The van der Waals surface area contributed by atoms with Crippen molar-refractivity contribution in [2.45, 2.75) is 26.3 Å². The molecule has 2 aliphatic heterocycles. The highest BCUT2D eigenvalue weighted by Gasteiger charge is 2.21. The summed E-state index contributed by atoms with van der Waals surface area (Å²) in [5.41, 5.74) is 4.70. The van der Waals surface area contributed by atoms with Crippen LogP contribution in [-0.4, -0.2) is 75.5 Å². The van der Waals surface area contributed by atoms with Crippen LogP contribution in [0.3, 0.4) is 0 Å². The van der Waals surface area contributed by atoms with Crippen LogP contribution < -0.4 is 10.2 Å². The second-order valence-corrected chi connectivity index (χ2v) is 9.90. The topological polar surface area (TPSA) is 105 Å². The average Bonchev–Trinajstić information content (AvgIpc) is 3.58. The lowest BCUT2D eigenvalue weighted by Crippen LogP contribution is -2.36. The van der Waals surface area contributed by atoms with E-state index in [2.05, 4.69) is 27.3 Å². The predicted octanol–water partition coefficient (Wildman–Crippen LogP) is 3.90. The van der Waals surface area contributed by atoms with Gasteiger partial charge in [-0.3, -0.25) is 9.59 Å². The molecule has 4 heterocycles. The number of aromatic nitrogens is 4. The highest BCUT2D eigenvalue weighted by Crippen LogP contribution is 2.28. The molecule has 2 aromatic heterocycles. The van der Waals surface area contributed by atoms with Crippen LogP contribution in [-0.2, 0) is 16.1 Å². The number of nitrogens with zero attached hydrogens (tertiary/aromatic N) is 6. The highest BCUT2D eigenvalue weighted by molar-refractivity contribution is 5.95. The molecule has 0 saturated carbocycles. The van der Waals surface area contributed by atoms with E-state index in [-0.39, 0.29) is 11.7 Å². The molecule has 0 bridgehead atoms. The standard InChI is InChI=1S/C29H31N7O3/c1-20(37)21-4-2-5-22(18-21)27-32-28(31-23-7-9-24(10-8-23)34-14-16-39-17-15-34)26-29(33-27)36(19-30-26)13-12-35-11-3-6-25(35)38/h2,4-5,7-10,18-19H,3,6,11-17H2,1H3,(H,31,32,33). The van der Waals surface area contributed by atoms with E-state index in [1.807, 2.05) is 39.8 Å². The molecule has 6 rings (SSSR count). The van der Waals surface area contributed by atoms with Crippen LogP contribution in [0.4, 0.5) is 17.2 Å². The predicted molar refractivity (Wildman–Crippen MR) is 149 cm³/mol. The number of hydrogen-bond donors (Lipinski definition) is 1. The van der Waals surface area contributed by atoms with Crippen LogP contribution in [0.1, 0.15) is 30.1 Å². The molecule has 1 N–H and O–H groups in total. The number of Topliss-reactive ketones (excluding diaryl/α,β-unsaturated/α-hetero) is 1. The first-order valence-electron chi connectivity index (χ1n) is 13.4. The van der Waals surface area contributed by atoms with Crippen LogP contribution >= 0.6 is 0 Å². The summed E-state index contributed by atoms with van der Waals surface area (Å²) in [6, 6.07) is 15.6. The summed E-state index contributed by atoms with van der Waals surface area (Å²) >= 11 is 0. The number of hydrogen-bond acceptors (Lipinski definition) is 8. The van der Waals surface area contributed by atoms with Crippen molar-refractivity contribution in [3.8, 4) is 11.4 Å². The third kappa shape index (κ3) is 5.33. The summed E-state index contributed by atoms with van der Waals surface area (Å²) < 4.78 is 7.44. The number of anilines is 3. The van der Waals surface area contributed by atoms with Gasteiger partial charge in [0.05, 0.1) is 19.5 Å². The summed E-state index contributed by atoms with van der Waals surface area (Å²) in [5, 5.41) is 3.44. The summed E-state index contributed by atoms with van der Waals surface area (Å²) in [5.74, 6) is 1.26. The number of fused-ring (bicyclic) bond motifs is 1. The second kappa shape index (κ2) is 10.8. The Morgan fingerprint density at radius 2 is 1.85 bits per heavy atom. The van der Waals surface area contributed by atoms with Gasteiger partial charge in [-0.2, -0.15) is 0 Å². The minimum absolute atomic E-state index is 0.0167. The normalized spacial score (nSPS) is 15.8. The number of imidazole rings is 1. The van der Waals surface area contributed by atoms with E-state index in [1.165, 1.54) is 0 Å². The van der Waals surface area contributed by atoms with Crippen LogP contribution in [0.25, 0.3) is 22.6 Å². The van der Waals surface area contributed by atoms with Crippen LogP contribution in [0.2, 0.25) is 0 Å². The van der Waals surface area contributed by atoms with Gasteiger partial charge in [-0.15, -0.1) is 0 Å². The third-order valence-electron chi connectivity index (χ3n) is 7.28. The van der Waals surface area contributed by atoms with E-state index in [9.17, 15) is 9.59 Å². The number of carbonyl (C=O) groups is 2. The van der Waals surface area contributed by atoms with Crippen LogP contribution in [0.15, 0.2) is 54.9 Å². The number of nitrogens with one attached hydrogen (secondary N) is 1. The lowest BCUT2D eigenvalue weighted by atomic mass is 10.1. The maximum absolute atomic E-state index is 12.1. The number of likely N-dealkylation sites (tertiary alicyclic amines) is 1. The Labute approximate surface area is 226 Å². The van der Waals surface area contributed by atoms with Crippen molar-refractivity contribution < 1.29 is 14.3 Å². The maximum Gasteiger partial charge on any atom is 0.222 e. The molecule has 2 aliphatic rings. The van der Waals surface area contributed by atoms with Crippen molar-refractivity contribution in [3.05, 3.63) is 60.4 Å². The summed E-state index contributed by atoms with van der Waals surface area (Å²) in [7, 11) is 0. The molecule has 39 heavy (non-hydrogen) atoms. The van der Waals surface area contributed by atoms with Gasteiger partial charge in [0.25, 0.3) is 0 Å². The molecule has 0 atom stereocenters. The molecular weight excluding hydrogens is 494 g/mol. The number of ether oxygens (including phenoxy) is 1. The molecule has 4 aromatic rings. The van der Waals surface area contributed by atoms with E-state index in [0.29, 0.717) is 47.9 Å². The Morgan fingerprint density at radius 3 is 2.59 bits per heavy atom. The van der Waals surface area contributed by atoms with Crippen molar-refractivity contribution in [3.63, 3.8) is 0 Å². The lowest BCUT2D eigenvalue weighted by molar-refractivity contribution is -0.127. The Kier molecular flexibility index (Phi) is 6.93. The van der Waals surface area contributed by atoms with Crippen molar-refractivity contribution >= 4 is 40.0 Å². The number of morpholine rings is 1. The van der Waals surface area contributed by atoms with Crippen LogP contribution in [0, 0.1) is 0 Å². The fourth-order valence-electron chi connectivity index (χ4n) is 5.08. The fourth-order valence-corrected chi connectivity index (χ4v) is 5.08. The lowest BCUT2D eigenvalue weighted by Gasteiger charge is -2.28. The first-order chi connectivity index (χ1) is 19.0. The Bertz CT molecular complexity index is 1510. The summed E-state index contributed by atoms with van der Waals surface area (Å²) in [4.78, 5) is 42.7. The molecule has 1 amide bonds. The summed E-state index contributed by atoms with van der Waals surface area (Å²) in [6.07, 6.45) is 3.27. The van der Waals surface area contributed by atoms with Crippen LogP contribution in [0.5, 0.6) is 0 Å². The largest absolute Gasteiger partial charge is 0.378 e.